The minimum atomic E-state index is -0.843. The first kappa shape index (κ1) is 17.7. The number of carbonyl (C=O) groups is 2. The van der Waals surface area contributed by atoms with E-state index in [4.69, 9.17) is 4.84 Å². The number of rotatable bonds is 5. The maximum absolute atomic E-state index is 13.2. The van der Waals surface area contributed by atoms with Gasteiger partial charge < -0.3 is 0 Å². The molecule has 0 aromatic heterocycles. The highest BCUT2D eigenvalue weighted by atomic mass is 19.1. The van der Waals surface area contributed by atoms with Crippen molar-refractivity contribution in [1.82, 2.24) is 0 Å². The molecule has 2 aliphatic heterocycles. The number of unbranched alkanes of at least 4 members (excludes halogenated alkanes) is 1. The Morgan fingerprint density at radius 3 is 2.33 bits per heavy atom. The van der Waals surface area contributed by atoms with Gasteiger partial charge in [0.1, 0.15) is 5.82 Å². The molecule has 2 saturated heterocycles. The molecule has 0 N–H and O–H groups in total. The molecule has 2 aromatic carbocycles. The van der Waals surface area contributed by atoms with E-state index in [2.05, 4.69) is 6.92 Å². The van der Waals surface area contributed by atoms with E-state index in [9.17, 15) is 14.0 Å². The molecule has 0 bridgehead atoms. The van der Waals surface area contributed by atoms with Crippen LogP contribution < -0.4 is 9.96 Å². The van der Waals surface area contributed by atoms with Crippen LogP contribution in [0.5, 0.6) is 0 Å². The Bertz CT molecular complexity index is 840. The third kappa shape index (κ3) is 3.00. The summed E-state index contributed by atoms with van der Waals surface area (Å²) >= 11 is 0. The van der Waals surface area contributed by atoms with Gasteiger partial charge in [-0.15, -0.1) is 0 Å². The molecule has 0 aliphatic carbocycles. The van der Waals surface area contributed by atoms with Crippen molar-refractivity contribution in [2.24, 2.45) is 5.92 Å². The largest absolute Gasteiger partial charge is 0.273 e. The fraction of sp³-hybridized carbons (Fsp3) is 0.333. The Morgan fingerprint density at radius 2 is 1.67 bits per heavy atom. The van der Waals surface area contributed by atoms with Crippen molar-refractivity contribution in [3.63, 3.8) is 0 Å². The van der Waals surface area contributed by atoms with Crippen molar-refractivity contribution in [2.75, 3.05) is 9.96 Å². The standard InChI is InChI=1S/C21H21FN2O3/c1-2-3-9-17-18-19(27-24(17)16-7-5-4-6-8-16)21(26)23(20(18)25)15-12-10-14(22)11-13-15/h4-8,10-13,17-19H,2-3,9H2,1H3/t17-,18+,19-/m0/s1. The van der Waals surface area contributed by atoms with Crippen LogP contribution in [0.4, 0.5) is 15.8 Å². The maximum Gasteiger partial charge on any atom is 0.266 e. The summed E-state index contributed by atoms with van der Waals surface area (Å²) in [6.45, 7) is 2.09. The summed E-state index contributed by atoms with van der Waals surface area (Å²) < 4.78 is 13.2. The molecular weight excluding hydrogens is 347 g/mol. The number of fused-ring (bicyclic) bond motifs is 1. The predicted molar refractivity (Wildman–Crippen MR) is 99.5 cm³/mol. The van der Waals surface area contributed by atoms with Gasteiger partial charge in [0.15, 0.2) is 6.10 Å². The van der Waals surface area contributed by atoms with Crippen LogP contribution in [0, 0.1) is 11.7 Å². The Hall–Kier alpha value is -2.73. The normalized spacial score (nSPS) is 24.6. The van der Waals surface area contributed by atoms with Crippen LogP contribution in [0.3, 0.4) is 0 Å². The van der Waals surface area contributed by atoms with Crippen molar-refractivity contribution in [2.45, 2.75) is 38.3 Å². The van der Waals surface area contributed by atoms with E-state index < -0.39 is 23.7 Å². The Morgan fingerprint density at radius 1 is 0.963 bits per heavy atom. The topological polar surface area (TPSA) is 49.9 Å². The van der Waals surface area contributed by atoms with Crippen molar-refractivity contribution in [1.29, 1.82) is 0 Å². The van der Waals surface area contributed by atoms with Gasteiger partial charge in [-0.05, 0) is 42.8 Å². The summed E-state index contributed by atoms with van der Waals surface area (Å²) in [7, 11) is 0. The van der Waals surface area contributed by atoms with Gasteiger partial charge in [0, 0.05) is 0 Å². The van der Waals surface area contributed by atoms with Crippen LogP contribution in [-0.2, 0) is 14.4 Å². The first-order valence-corrected chi connectivity index (χ1v) is 9.26. The monoisotopic (exact) mass is 368 g/mol. The highest BCUT2D eigenvalue weighted by Gasteiger charge is 2.59. The number of halogens is 1. The van der Waals surface area contributed by atoms with E-state index in [-0.39, 0.29) is 11.9 Å². The van der Waals surface area contributed by atoms with Gasteiger partial charge >= 0.3 is 0 Å². The number of para-hydroxylation sites is 1. The second kappa shape index (κ2) is 7.12. The van der Waals surface area contributed by atoms with Gasteiger partial charge in [0.2, 0.25) is 5.91 Å². The quantitative estimate of drug-likeness (QED) is 0.755. The van der Waals surface area contributed by atoms with E-state index in [1.807, 2.05) is 30.3 Å². The minimum Gasteiger partial charge on any atom is -0.273 e. The lowest BCUT2D eigenvalue weighted by molar-refractivity contribution is -0.126. The molecule has 6 heteroatoms. The number of hydrogen-bond acceptors (Lipinski definition) is 4. The molecule has 2 aromatic rings. The SMILES string of the molecule is CCCC[C@H]1[C@H]2C(=O)N(c3ccc(F)cc3)C(=O)[C@H]2ON1c1ccccc1. The molecule has 140 valence electrons. The molecule has 2 aliphatic rings. The van der Waals surface area contributed by atoms with E-state index >= 15 is 0 Å². The van der Waals surface area contributed by atoms with E-state index in [1.165, 1.54) is 24.3 Å². The average Bonchev–Trinajstić information content (AvgIpc) is 3.18. The third-order valence-corrected chi connectivity index (χ3v) is 5.19. The third-order valence-electron chi connectivity index (χ3n) is 5.19. The Balaban J connectivity index is 1.66. The van der Waals surface area contributed by atoms with Crippen molar-refractivity contribution in [3.8, 4) is 0 Å². The molecule has 4 rings (SSSR count). The van der Waals surface area contributed by atoms with Crippen LogP contribution in [0.1, 0.15) is 26.2 Å². The first-order chi connectivity index (χ1) is 13.1. The fourth-order valence-corrected chi connectivity index (χ4v) is 3.87. The zero-order chi connectivity index (χ0) is 19.0. The van der Waals surface area contributed by atoms with Gasteiger partial charge in [-0.25, -0.2) is 14.4 Å². The van der Waals surface area contributed by atoms with E-state index in [0.29, 0.717) is 5.69 Å². The number of anilines is 2. The van der Waals surface area contributed by atoms with E-state index in [0.717, 1.165) is 29.8 Å². The molecule has 0 radical (unpaired) electrons. The summed E-state index contributed by atoms with van der Waals surface area (Å²) in [6.07, 6.45) is 1.83. The zero-order valence-corrected chi connectivity index (χ0v) is 15.0. The molecule has 0 spiro atoms. The predicted octanol–water partition coefficient (Wildman–Crippen LogP) is 3.69. The fourth-order valence-electron chi connectivity index (χ4n) is 3.87. The summed E-state index contributed by atoms with van der Waals surface area (Å²) in [4.78, 5) is 33.2. The maximum atomic E-state index is 13.2. The molecule has 0 unspecified atom stereocenters. The van der Waals surface area contributed by atoms with Crippen molar-refractivity contribution < 1.29 is 18.8 Å². The second-order valence-corrected chi connectivity index (χ2v) is 6.91. The molecule has 2 fully saturated rings. The molecule has 3 atom stereocenters. The summed E-state index contributed by atoms with van der Waals surface area (Å²) in [5.74, 6) is -1.65. The van der Waals surface area contributed by atoms with Gasteiger partial charge in [-0.3, -0.25) is 14.4 Å². The molecule has 27 heavy (non-hydrogen) atoms. The summed E-state index contributed by atoms with van der Waals surface area (Å²) in [5, 5.41) is 1.72. The molecule has 0 saturated carbocycles. The minimum absolute atomic E-state index is 0.209. The van der Waals surface area contributed by atoms with Crippen LogP contribution in [-0.4, -0.2) is 24.0 Å². The van der Waals surface area contributed by atoms with E-state index in [1.54, 1.807) is 5.06 Å². The van der Waals surface area contributed by atoms with Crippen LogP contribution in [0.2, 0.25) is 0 Å². The lowest BCUT2D eigenvalue weighted by atomic mass is 9.92. The van der Waals surface area contributed by atoms with Crippen LogP contribution in [0.25, 0.3) is 0 Å². The first-order valence-electron chi connectivity index (χ1n) is 9.26. The van der Waals surface area contributed by atoms with Crippen LogP contribution >= 0.6 is 0 Å². The number of amides is 2. The highest BCUT2D eigenvalue weighted by Crippen LogP contribution is 2.41. The average molecular weight is 368 g/mol. The molecular formula is C21H21FN2O3. The summed E-state index contributed by atoms with van der Waals surface area (Å²) in [6, 6.07) is 14.7. The summed E-state index contributed by atoms with van der Waals surface area (Å²) in [5.41, 5.74) is 1.21. The van der Waals surface area contributed by atoms with Gasteiger partial charge in [0.05, 0.1) is 23.3 Å². The second-order valence-electron chi connectivity index (χ2n) is 6.91. The number of benzene rings is 2. The lowest BCUT2D eigenvalue weighted by Gasteiger charge is -2.28. The molecule has 5 nitrogen and oxygen atoms in total. The number of hydroxylamine groups is 1. The number of hydrogen-bond donors (Lipinski definition) is 0. The van der Waals surface area contributed by atoms with Crippen molar-refractivity contribution in [3.05, 3.63) is 60.4 Å². The van der Waals surface area contributed by atoms with Gasteiger partial charge in [-0.1, -0.05) is 38.0 Å². The molecule has 2 heterocycles. The number of nitrogens with zero attached hydrogens (tertiary/aromatic N) is 2. The Kier molecular flexibility index (Phi) is 4.66. The molecule has 2 amide bonds. The smallest absolute Gasteiger partial charge is 0.266 e. The van der Waals surface area contributed by atoms with Crippen LogP contribution in [0.15, 0.2) is 54.6 Å². The number of carbonyl (C=O) groups excluding carboxylic acids is 2. The van der Waals surface area contributed by atoms with Crippen molar-refractivity contribution >= 4 is 23.2 Å². The van der Waals surface area contributed by atoms with Gasteiger partial charge in [0.25, 0.3) is 5.91 Å². The lowest BCUT2D eigenvalue weighted by Crippen LogP contribution is -2.40. The zero-order valence-electron chi connectivity index (χ0n) is 15.0. The number of imide groups is 1. The highest BCUT2D eigenvalue weighted by molar-refractivity contribution is 6.23. The Labute approximate surface area is 157 Å². The van der Waals surface area contributed by atoms with Gasteiger partial charge in [-0.2, -0.15) is 0 Å².